The molecule has 0 unspecified atom stereocenters. The van der Waals surface area contributed by atoms with Gasteiger partial charge in [0, 0.05) is 6.92 Å². The highest BCUT2D eigenvalue weighted by Gasteiger charge is 2.18. The molecular formula is C22H19O3. The Morgan fingerprint density at radius 1 is 0.680 bits per heavy atom. The molecule has 0 saturated carbocycles. The first-order valence-electron chi connectivity index (χ1n) is 8.03. The van der Waals surface area contributed by atoms with Crippen LogP contribution in [0.5, 0.6) is 11.5 Å². The summed E-state index contributed by atoms with van der Waals surface area (Å²) in [5.41, 5.74) is 3.26. The van der Waals surface area contributed by atoms with Crippen LogP contribution >= 0.6 is 0 Å². The molecule has 0 spiro atoms. The summed E-state index contributed by atoms with van der Waals surface area (Å²) in [6.45, 7) is 1.40. The maximum absolute atomic E-state index is 11.1. The number of esters is 1. The predicted octanol–water partition coefficient (Wildman–Crippen LogP) is 4.64. The molecule has 3 heteroatoms. The summed E-state index contributed by atoms with van der Waals surface area (Å²) in [5.74, 6) is 2.15. The van der Waals surface area contributed by atoms with Gasteiger partial charge in [-0.25, -0.2) is 0 Å². The first-order chi connectivity index (χ1) is 12.2. The third-order valence-corrected chi connectivity index (χ3v) is 3.85. The van der Waals surface area contributed by atoms with Crippen molar-refractivity contribution in [2.45, 2.75) is 6.92 Å². The Hall–Kier alpha value is -3.07. The van der Waals surface area contributed by atoms with Gasteiger partial charge in [0.1, 0.15) is 11.5 Å². The molecule has 0 fully saturated rings. The molecule has 0 aliphatic rings. The van der Waals surface area contributed by atoms with Crippen molar-refractivity contribution in [3.8, 4) is 11.5 Å². The first-order valence-corrected chi connectivity index (χ1v) is 8.03. The summed E-state index contributed by atoms with van der Waals surface area (Å²) in [4.78, 5) is 11.1. The van der Waals surface area contributed by atoms with Gasteiger partial charge >= 0.3 is 5.97 Å². The number of hydrogen-bond acceptors (Lipinski definition) is 3. The van der Waals surface area contributed by atoms with Crippen LogP contribution < -0.4 is 9.47 Å². The van der Waals surface area contributed by atoms with E-state index in [1.165, 1.54) is 6.92 Å². The van der Waals surface area contributed by atoms with Gasteiger partial charge in [-0.3, -0.25) is 4.79 Å². The number of benzene rings is 3. The Balaban J connectivity index is 2.00. The number of ether oxygens (including phenoxy) is 2. The second-order valence-electron chi connectivity index (χ2n) is 5.59. The number of carbonyl (C=O) groups is 1. The van der Waals surface area contributed by atoms with E-state index in [9.17, 15) is 4.79 Å². The minimum Gasteiger partial charge on any atom is -0.497 e. The molecule has 0 atom stereocenters. The maximum atomic E-state index is 11.1. The van der Waals surface area contributed by atoms with E-state index in [2.05, 4.69) is 12.1 Å². The fraction of sp³-hybridized carbons (Fsp3) is 0.0909. The Bertz CT molecular complexity index is 821. The predicted molar refractivity (Wildman–Crippen MR) is 97.7 cm³/mol. The van der Waals surface area contributed by atoms with Crippen LogP contribution in [-0.2, 0) is 4.79 Å². The molecular weight excluding hydrogens is 312 g/mol. The molecule has 3 aromatic carbocycles. The smallest absolute Gasteiger partial charge is 0.308 e. The average Bonchev–Trinajstić information content (AvgIpc) is 2.64. The Labute approximate surface area is 147 Å². The molecule has 0 amide bonds. The van der Waals surface area contributed by atoms with Gasteiger partial charge in [-0.2, -0.15) is 0 Å². The minimum absolute atomic E-state index is 0.324. The van der Waals surface area contributed by atoms with E-state index >= 15 is 0 Å². The highest BCUT2D eigenvalue weighted by Crippen LogP contribution is 2.32. The maximum Gasteiger partial charge on any atom is 0.308 e. The molecule has 0 heterocycles. The Morgan fingerprint density at radius 2 is 1.16 bits per heavy atom. The van der Waals surface area contributed by atoms with E-state index in [1.807, 2.05) is 66.7 Å². The lowest BCUT2D eigenvalue weighted by Crippen LogP contribution is -2.05. The fourth-order valence-corrected chi connectivity index (χ4v) is 2.72. The number of carbonyl (C=O) groups excluding carboxylic acids is 1. The number of rotatable bonds is 5. The summed E-state index contributed by atoms with van der Waals surface area (Å²) < 4.78 is 10.4. The summed E-state index contributed by atoms with van der Waals surface area (Å²) in [5, 5.41) is 0. The van der Waals surface area contributed by atoms with Crippen molar-refractivity contribution in [2.75, 3.05) is 7.11 Å². The minimum atomic E-state index is -0.324. The van der Waals surface area contributed by atoms with Crippen LogP contribution in [0.4, 0.5) is 0 Å². The monoisotopic (exact) mass is 331 g/mol. The van der Waals surface area contributed by atoms with E-state index < -0.39 is 0 Å². The van der Waals surface area contributed by atoms with Crippen LogP contribution in [0.1, 0.15) is 23.6 Å². The van der Waals surface area contributed by atoms with Gasteiger partial charge in [-0.1, -0.05) is 54.6 Å². The van der Waals surface area contributed by atoms with Crippen LogP contribution in [-0.4, -0.2) is 13.1 Å². The van der Waals surface area contributed by atoms with Gasteiger partial charge in [-0.05, 0) is 41.0 Å². The summed E-state index contributed by atoms with van der Waals surface area (Å²) in [6.07, 6.45) is 0. The lowest BCUT2D eigenvalue weighted by atomic mass is 9.85. The highest BCUT2D eigenvalue weighted by atomic mass is 16.5. The fourth-order valence-electron chi connectivity index (χ4n) is 2.72. The molecule has 1 radical (unpaired) electrons. The van der Waals surface area contributed by atoms with Crippen LogP contribution in [0.15, 0.2) is 78.9 Å². The van der Waals surface area contributed by atoms with Gasteiger partial charge in [0.25, 0.3) is 0 Å². The third-order valence-electron chi connectivity index (χ3n) is 3.85. The molecule has 3 aromatic rings. The molecule has 25 heavy (non-hydrogen) atoms. The van der Waals surface area contributed by atoms with E-state index in [-0.39, 0.29) is 5.97 Å². The zero-order chi connectivity index (χ0) is 17.6. The molecule has 3 nitrogen and oxygen atoms in total. The molecule has 0 bridgehead atoms. The quantitative estimate of drug-likeness (QED) is 0.388. The first kappa shape index (κ1) is 16.8. The van der Waals surface area contributed by atoms with Crippen molar-refractivity contribution in [2.24, 2.45) is 0 Å². The molecule has 0 N–H and O–H groups in total. The highest BCUT2D eigenvalue weighted by molar-refractivity contribution is 5.69. The van der Waals surface area contributed by atoms with Crippen molar-refractivity contribution in [1.29, 1.82) is 0 Å². The second-order valence-corrected chi connectivity index (χ2v) is 5.59. The number of hydrogen-bond donors (Lipinski definition) is 0. The summed E-state index contributed by atoms with van der Waals surface area (Å²) in [7, 11) is 1.66. The second kappa shape index (κ2) is 7.67. The van der Waals surface area contributed by atoms with E-state index in [0.29, 0.717) is 5.75 Å². The van der Waals surface area contributed by atoms with Gasteiger partial charge in [0.2, 0.25) is 0 Å². The van der Waals surface area contributed by atoms with Gasteiger partial charge < -0.3 is 9.47 Å². The summed E-state index contributed by atoms with van der Waals surface area (Å²) >= 11 is 0. The third kappa shape index (κ3) is 4.07. The molecule has 0 aromatic heterocycles. The van der Waals surface area contributed by atoms with Crippen LogP contribution in [0.3, 0.4) is 0 Å². The summed E-state index contributed by atoms with van der Waals surface area (Å²) in [6, 6.07) is 25.7. The standard InChI is InChI=1S/C22H19O3/c1-16(23)25-21-14-10-19(11-15-21)22(17-6-4-3-5-7-17)18-8-12-20(24-2)13-9-18/h3-15H,1-2H3. The van der Waals surface area contributed by atoms with Crippen molar-refractivity contribution >= 4 is 5.97 Å². The molecule has 0 aliphatic carbocycles. The topological polar surface area (TPSA) is 35.5 Å². The van der Waals surface area contributed by atoms with Crippen molar-refractivity contribution in [1.82, 2.24) is 0 Å². The largest absolute Gasteiger partial charge is 0.497 e. The van der Waals surface area contributed by atoms with Crippen molar-refractivity contribution in [3.63, 3.8) is 0 Å². The van der Waals surface area contributed by atoms with E-state index in [4.69, 9.17) is 9.47 Å². The van der Waals surface area contributed by atoms with Gasteiger partial charge in [0.15, 0.2) is 0 Å². The number of methoxy groups -OCH3 is 1. The van der Waals surface area contributed by atoms with E-state index in [1.54, 1.807) is 7.11 Å². The van der Waals surface area contributed by atoms with E-state index in [0.717, 1.165) is 28.4 Å². The lowest BCUT2D eigenvalue weighted by Gasteiger charge is -2.18. The molecule has 125 valence electrons. The van der Waals surface area contributed by atoms with Crippen LogP contribution in [0, 0.1) is 5.92 Å². The SMILES string of the molecule is COc1ccc([C](c2ccccc2)c2ccc(OC(C)=O)cc2)cc1. The molecule has 0 saturated heterocycles. The van der Waals surface area contributed by atoms with Gasteiger partial charge in [0.05, 0.1) is 13.0 Å². The Kier molecular flexibility index (Phi) is 5.14. The average molecular weight is 331 g/mol. The van der Waals surface area contributed by atoms with Gasteiger partial charge in [-0.15, -0.1) is 0 Å². The molecule has 0 aliphatic heterocycles. The lowest BCUT2D eigenvalue weighted by molar-refractivity contribution is -0.131. The molecule has 3 rings (SSSR count). The Morgan fingerprint density at radius 3 is 1.64 bits per heavy atom. The normalized spacial score (nSPS) is 10.5. The van der Waals surface area contributed by atoms with Crippen LogP contribution in [0.25, 0.3) is 0 Å². The van der Waals surface area contributed by atoms with Crippen molar-refractivity contribution in [3.05, 3.63) is 101 Å². The zero-order valence-corrected chi connectivity index (χ0v) is 14.2. The zero-order valence-electron chi connectivity index (χ0n) is 14.2. The van der Waals surface area contributed by atoms with Crippen LogP contribution in [0.2, 0.25) is 0 Å². The van der Waals surface area contributed by atoms with Crippen molar-refractivity contribution < 1.29 is 14.3 Å².